The number of nitrogens with two attached hydrogens (primary N) is 1. The maximum Gasteiger partial charge on any atom is 0.269 e. The minimum absolute atomic E-state index is 0.234. The first-order valence-corrected chi connectivity index (χ1v) is 3.78. The Labute approximate surface area is 74.0 Å². The van der Waals surface area contributed by atoms with E-state index in [9.17, 15) is 4.79 Å². The number of fused-ring (bicyclic) bond motifs is 1. The van der Waals surface area contributed by atoms with Gasteiger partial charge in [0.1, 0.15) is 6.33 Å². The predicted octanol–water partition coefficient (Wildman–Crippen LogP) is 0.365. The van der Waals surface area contributed by atoms with E-state index in [1.54, 1.807) is 6.20 Å². The highest BCUT2D eigenvalue weighted by Gasteiger charge is 2.10. The van der Waals surface area contributed by atoms with Gasteiger partial charge in [-0.2, -0.15) is 0 Å². The summed E-state index contributed by atoms with van der Waals surface area (Å²) in [5.74, 6) is -0.547. The zero-order valence-corrected chi connectivity index (χ0v) is 7.03. The van der Waals surface area contributed by atoms with Crippen LogP contribution < -0.4 is 5.73 Å². The van der Waals surface area contributed by atoms with Gasteiger partial charge in [0.15, 0.2) is 5.69 Å². The molecule has 0 aliphatic carbocycles. The van der Waals surface area contributed by atoms with Gasteiger partial charge < -0.3 is 10.7 Å². The zero-order valence-electron chi connectivity index (χ0n) is 7.03. The molecular weight excluding hydrogens is 168 g/mol. The number of carbonyl (C=O) groups excluding carboxylic acids is 1. The normalized spacial score (nSPS) is 10.5. The van der Waals surface area contributed by atoms with Crippen LogP contribution in [-0.4, -0.2) is 20.9 Å². The number of aromatic amines is 1. The van der Waals surface area contributed by atoms with Crippen LogP contribution in [0.2, 0.25) is 0 Å². The molecule has 0 radical (unpaired) electrons. The first-order chi connectivity index (χ1) is 6.20. The summed E-state index contributed by atoms with van der Waals surface area (Å²) >= 11 is 0. The Morgan fingerprint density at radius 1 is 1.54 bits per heavy atom. The van der Waals surface area contributed by atoms with Gasteiger partial charge in [-0.25, -0.2) is 9.97 Å². The van der Waals surface area contributed by atoms with E-state index in [4.69, 9.17) is 5.73 Å². The van der Waals surface area contributed by atoms with Crippen LogP contribution in [0.1, 0.15) is 16.1 Å². The van der Waals surface area contributed by atoms with E-state index in [0.717, 1.165) is 11.1 Å². The van der Waals surface area contributed by atoms with Crippen molar-refractivity contribution in [2.45, 2.75) is 6.92 Å². The molecule has 5 heteroatoms. The molecule has 66 valence electrons. The molecule has 0 bridgehead atoms. The average molecular weight is 176 g/mol. The van der Waals surface area contributed by atoms with Gasteiger partial charge in [-0.05, 0) is 12.5 Å². The van der Waals surface area contributed by atoms with Crippen molar-refractivity contribution in [2.24, 2.45) is 5.73 Å². The van der Waals surface area contributed by atoms with Crippen molar-refractivity contribution in [3.8, 4) is 0 Å². The van der Waals surface area contributed by atoms with Crippen molar-refractivity contribution < 1.29 is 4.79 Å². The summed E-state index contributed by atoms with van der Waals surface area (Å²) in [6.07, 6.45) is 3.11. The summed E-state index contributed by atoms with van der Waals surface area (Å²) in [5.41, 5.74) is 7.69. The molecule has 2 heterocycles. The van der Waals surface area contributed by atoms with Crippen LogP contribution in [0.4, 0.5) is 0 Å². The topological polar surface area (TPSA) is 84.7 Å². The minimum Gasteiger partial charge on any atom is -0.364 e. The lowest BCUT2D eigenvalue weighted by Gasteiger charge is -1.95. The number of nitrogens with one attached hydrogen (secondary N) is 1. The Hall–Kier alpha value is -1.91. The molecule has 0 spiro atoms. The van der Waals surface area contributed by atoms with E-state index in [0.29, 0.717) is 5.52 Å². The molecule has 0 fully saturated rings. The number of nitrogens with zero attached hydrogens (tertiary/aromatic N) is 2. The standard InChI is InChI=1S/C8H8N4O/c1-4-2-10-6-5(4)11-3-12-7(6)8(9)13/h2-3,10H,1H3,(H2,9,13). The third kappa shape index (κ3) is 1.05. The molecule has 2 aromatic rings. The molecule has 5 nitrogen and oxygen atoms in total. The fourth-order valence-electron chi connectivity index (χ4n) is 1.26. The van der Waals surface area contributed by atoms with Gasteiger partial charge in [-0.3, -0.25) is 4.79 Å². The maximum atomic E-state index is 10.9. The molecule has 0 saturated carbocycles. The highest BCUT2D eigenvalue weighted by Crippen LogP contribution is 2.15. The average Bonchev–Trinajstić information content (AvgIpc) is 2.48. The number of aromatic nitrogens is 3. The van der Waals surface area contributed by atoms with Crippen LogP contribution in [0.5, 0.6) is 0 Å². The fourth-order valence-corrected chi connectivity index (χ4v) is 1.26. The third-order valence-corrected chi connectivity index (χ3v) is 1.89. The van der Waals surface area contributed by atoms with Gasteiger partial charge in [-0.1, -0.05) is 0 Å². The lowest BCUT2D eigenvalue weighted by Crippen LogP contribution is -2.13. The van der Waals surface area contributed by atoms with Gasteiger partial charge in [-0.15, -0.1) is 0 Å². The number of carbonyl (C=O) groups is 1. The number of aryl methyl sites for hydroxylation is 1. The second-order valence-electron chi connectivity index (χ2n) is 2.78. The Kier molecular flexibility index (Phi) is 1.51. The van der Waals surface area contributed by atoms with Crippen LogP contribution >= 0.6 is 0 Å². The number of rotatable bonds is 1. The second kappa shape index (κ2) is 2.55. The van der Waals surface area contributed by atoms with E-state index in [2.05, 4.69) is 15.0 Å². The molecule has 0 saturated heterocycles. The monoisotopic (exact) mass is 176 g/mol. The smallest absolute Gasteiger partial charge is 0.269 e. The Morgan fingerprint density at radius 3 is 3.00 bits per heavy atom. The van der Waals surface area contributed by atoms with Crippen LogP contribution in [-0.2, 0) is 0 Å². The number of amides is 1. The van der Waals surface area contributed by atoms with Crippen LogP contribution in [0.25, 0.3) is 11.0 Å². The third-order valence-electron chi connectivity index (χ3n) is 1.89. The van der Waals surface area contributed by atoms with Gasteiger partial charge >= 0.3 is 0 Å². The highest BCUT2D eigenvalue weighted by molar-refractivity contribution is 6.02. The van der Waals surface area contributed by atoms with E-state index in [1.807, 2.05) is 6.92 Å². The van der Waals surface area contributed by atoms with E-state index in [1.165, 1.54) is 6.33 Å². The summed E-state index contributed by atoms with van der Waals surface area (Å²) in [6, 6.07) is 0. The minimum atomic E-state index is -0.547. The largest absolute Gasteiger partial charge is 0.364 e. The number of hydrogen-bond donors (Lipinski definition) is 2. The Balaban J connectivity index is 2.84. The quantitative estimate of drug-likeness (QED) is 0.658. The molecule has 2 rings (SSSR count). The molecule has 0 aliphatic heterocycles. The zero-order chi connectivity index (χ0) is 9.42. The summed E-state index contributed by atoms with van der Waals surface area (Å²) in [5, 5.41) is 0. The molecule has 2 aromatic heterocycles. The summed E-state index contributed by atoms with van der Waals surface area (Å²) in [4.78, 5) is 21.7. The molecule has 13 heavy (non-hydrogen) atoms. The molecular formula is C8H8N4O. The summed E-state index contributed by atoms with van der Waals surface area (Å²) in [6.45, 7) is 1.90. The van der Waals surface area contributed by atoms with E-state index >= 15 is 0 Å². The lowest BCUT2D eigenvalue weighted by atomic mass is 10.2. The molecule has 1 amide bonds. The van der Waals surface area contributed by atoms with Gasteiger partial charge in [0.05, 0.1) is 11.0 Å². The molecule has 0 unspecified atom stereocenters. The number of primary amides is 1. The summed E-state index contributed by atoms with van der Waals surface area (Å²) in [7, 11) is 0. The van der Waals surface area contributed by atoms with E-state index in [-0.39, 0.29) is 5.69 Å². The van der Waals surface area contributed by atoms with Crippen molar-refractivity contribution >= 4 is 16.9 Å². The van der Waals surface area contributed by atoms with Gasteiger partial charge in [0.25, 0.3) is 5.91 Å². The summed E-state index contributed by atoms with van der Waals surface area (Å²) < 4.78 is 0. The van der Waals surface area contributed by atoms with Crippen LogP contribution in [0.15, 0.2) is 12.5 Å². The fraction of sp³-hybridized carbons (Fsp3) is 0.125. The van der Waals surface area contributed by atoms with E-state index < -0.39 is 5.91 Å². The molecule has 0 aliphatic rings. The van der Waals surface area contributed by atoms with Crippen molar-refractivity contribution in [1.29, 1.82) is 0 Å². The Morgan fingerprint density at radius 2 is 2.31 bits per heavy atom. The Bertz CT molecular complexity index is 474. The number of hydrogen-bond acceptors (Lipinski definition) is 3. The molecule has 0 atom stereocenters. The molecule has 3 N–H and O–H groups in total. The highest BCUT2D eigenvalue weighted by atomic mass is 16.1. The van der Waals surface area contributed by atoms with Crippen molar-refractivity contribution in [2.75, 3.05) is 0 Å². The van der Waals surface area contributed by atoms with Crippen molar-refractivity contribution in [1.82, 2.24) is 15.0 Å². The molecule has 0 aromatic carbocycles. The SMILES string of the molecule is Cc1c[nH]c2c(C(N)=O)ncnc12. The predicted molar refractivity (Wildman–Crippen MR) is 47.1 cm³/mol. The first-order valence-electron chi connectivity index (χ1n) is 3.78. The van der Waals surface area contributed by atoms with Crippen molar-refractivity contribution in [3.05, 3.63) is 23.8 Å². The van der Waals surface area contributed by atoms with Crippen LogP contribution in [0, 0.1) is 6.92 Å². The second-order valence-corrected chi connectivity index (χ2v) is 2.78. The van der Waals surface area contributed by atoms with Crippen molar-refractivity contribution in [3.63, 3.8) is 0 Å². The van der Waals surface area contributed by atoms with Gasteiger partial charge in [0.2, 0.25) is 0 Å². The van der Waals surface area contributed by atoms with Crippen LogP contribution in [0.3, 0.4) is 0 Å². The lowest BCUT2D eigenvalue weighted by molar-refractivity contribution is 0.0997. The first kappa shape index (κ1) is 7.72. The maximum absolute atomic E-state index is 10.9. The number of H-pyrrole nitrogens is 1. The van der Waals surface area contributed by atoms with Gasteiger partial charge in [0, 0.05) is 6.20 Å².